The highest BCUT2D eigenvalue weighted by Crippen LogP contribution is 2.26. The maximum atomic E-state index is 13.0. The highest BCUT2D eigenvalue weighted by atomic mass is 19.3. The summed E-state index contributed by atoms with van der Waals surface area (Å²) >= 11 is 0. The second kappa shape index (κ2) is 5.52. The lowest BCUT2D eigenvalue weighted by molar-refractivity contribution is -0.143. The van der Waals surface area contributed by atoms with E-state index in [1.54, 1.807) is 0 Å². The lowest BCUT2D eigenvalue weighted by Gasteiger charge is -2.34. The summed E-state index contributed by atoms with van der Waals surface area (Å²) in [6.45, 7) is 4.59. The van der Waals surface area contributed by atoms with Crippen molar-refractivity contribution >= 4 is 0 Å². The average molecular weight is 256 g/mol. The Kier molecular flexibility index (Phi) is 4.77. The summed E-state index contributed by atoms with van der Waals surface area (Å²) in [6, 6.07) is 0. The minimum atomic E-state index is -3.92. The van der Waals surface area contributed by atoms with Crippen LogP contribution in [0.15, 0.2) is 0 Å². The maximum Gasteiger partial charge on any atom is 0.319 e. The summed E-state index contributed by atoms with van der Waals surface area (Å²) in [7, 11) is 0. The van der Waals surface area contributed by atoms with Gasteiger partial charge in [-0.1, -0.05) is 6.92 Å². The molecule has 0 aromatic carbocycles. The van der Waals surface area contributed by atoms with Crippen LogP contribution < -0.4 is 5.32 Å². The number of nitrogens with zero attached hydrogens (tertiary/aromatic N) is 1. The largest absolute Gasteiger partial charge is 0.319 e. The maximum absolute atomic E-state index is 13.0. The number of alkyl halides is 4. The molecule has 0 aromatic rings. The van der Waals surface area contributed by atoms with Crippen LogP contribution in [0.25, 0.3) is 0 Å². The molecule has 1 heterocycles. The first-order valence-electron chi connectivity index (χ1n) is 5.92. The van der Waals surface area contributed by atoms with Gasteiger partial charge in [0.15, 0.2) is 0 Å². The van der Waals surface area contributed by atoms with E-state index in [1.165, 1.54) is 4.90 Å². The molecule has 1 aliphatic rings. The average Bonchev–Trinajstić information content (AvgIpc) is 2.40. The first-order valence-corrected chi connectivity index (χ1v) is 5.92. The summed E-state index contributed by atoms with van der Waals surface area (Å²) in [5, 5.41) is 3.28. The van der Waals surface area contributed by atoms with Gasteiger partial charge in [0, 0.05) is 12.1 Å². The second-order valence-electron chi connectivity index (χ2n) is 4.97. The highest BCUT2D eigenvalue weighted by Gasteiger charge is 2.43. The number of halogens is 4. The molecule has 0 spiro atoms. The molecule has 2 nitrogen and oxygen atoms in total. The van der Waals surface area contributed by atoms with Crippen molar-refractivity contribution in [2.75, 3.05) is 26.2 Å². The van der Waals surface area contributed by atoms with E-state index in [4.69, 9.17) is 0 Å². The van der Waals surface area contributed by atoms with Gasteiger partial charge in [-0.3, -0.25) is 4.90 Å². The Bertz CT molecular complexity index is 248. The predicted molar refractivity (Wildman–Crippen MR) is 58.7 cm³/mol. The molecule has 1 fully saturated rings. The Balaban J connectivity index is 2.64. The fourth-order valence-electron chi connectivity index (χ4n) is 2.06. The van der Waals surface area contributed by atoms with E-state index in [9.17, 15) is 17.6 Å². The van der Waals surface area contributed by atoms with Crippen LogP contribution >= 0.6 is 0 Å². The van der Waals surface area contributed by atoms with Crippen molar-refractivity contribution in [3.8, 4) is 0 Å². The molecule has 1 rings (SSSR count). The van der Waals surface area contributed by atoms with Crippen molar-refractivity contribution in [3.05, 3.63) is 0 Å². The molecule has 0 aliphatic carbocycles. The van der Waals surface area contributed by atoms with Gasteiger partial charge in [0.05, 0.1) is 6.54 Å². The zero-order valence-electron chi connectivity index (χ0n) is 10.3. The van der Waals surface area contributed by atoms with Crippen LogP contribution in [0.3, 0.4) is 0 Å². The van der Waals surface area contributed by atoms with Gasteiger partial charge in [-0.05, 0) is 32.9 Å². The van der Waals surface area contributed by atoms with Crippen LogP contribution in [0, 0.1) is 0 Å². The Labute approximate surface area is 99.4 Å². The monoisotopic (exact) mass is 256 g/mol. The zero-order valence-corrected chi connectivity index (χ0v) is 10.3. The van der Waals surface area contributed by atoms with Gasteiger partial charge < -0.3 is 5.32 Å². The topological polar surface area (TPSA) is 15.3 Å². The van der Waals surface area contributed by atoms with E-state index in [1.807, 2.05) is 13.8 Å². The molecule has 0 amide bonds. The molecule has 1 aliphatic heterocycles. The van der Waals surface area contributed by atoms with Gasteiger partial charge in [-0.25, -0.2) is 8.78 Å². The summed E-state index contributed by atoms with van der Waals surface area (Å²) in [4.78, 5) is 1.44. The van der Waals surface area contributed by atoms with E-state index in [-0.39, 0.29) is 5.54 Å². The van der Waals surface area contributed by atoms with E-state index in [0.717, 1.165) is 13.0 Å². The molecule has 1 saturated heterocycles. The molecule has 17 heavy (non-hydrogen) atoms. The third-order valence-corrected chi connectivity index (χ3v) is 3.31. The molecule has 6 heteroatoms. The molecule has 1 unspecified atom stereocenters. The van der Waals surface area contributed by atoms with E-state index >= 15 is 0 Å². The second-order valence-corrected chi connectivity index (χ2v) is 4.97. The predicted octanol–water partition coefficient (Wildman–Crippen LogP) is 2.35. The molecule has 0 saturated carbocycles. The highest BCUT2D eigenvalue weighted by molar-refractivity contribution is 4.89. The van der Waals surface area contributed by atoms with Crippen LogP contribution in [0.5, 0.6) is 0 Å². The molecule has 102 valence electrons. The standard InChI is InChI=1S/C11H20F4N2/c1-3-10(2)7-17(6-4-5-16-10)8-11(14,15)9(12)13/h9,16H,3-8H2,1-2H3. The summed E-state index contributed by atoms with van der Waals surface area (Å²) in [6.07, 6.45) is -2.11. The molecule has 0 aromatic heterocycles. The van der Waals surface area contributed by atoms with Crippen LogP contribution in [0.4, 0.5) is 17.6 Å². The normalized spacial score (nSPS) is 28.4. The van der Waals surface area contributed by atoms with E-state index < -0.39 is 18.9 Å². The number of hydrogen-bond donors (Lipinski definition) is 1. The van der Waals surface area contributed by atoms with Crippen LogP contribution in [-0.4, -0.2) is 49.0 Å². The fourth-order valence-corrected chi connectivity index (χ4v) is 2.06. The quantitative estimate of drug-likeness (QED) is 0.777. The number of hydrogen-bond acceptors (Lipinski definition) is 2. The number of nitrogens with one attached hydrogen (secondary N) is 1. The lowest BCUT2D eigenvalue weighted by Crippen LogP contribution is -2.51. The first-order chi connectivity index (χ1) is 7.79. The first kappa shape index (κ1) is 14.7. The minimum absolute atomic E-state index is 0.269. The van der Waals surface area contributed by atoms with Gasteiger partial charge in [0.1, 0.15) is 0 Å². The fraction of sp³-hybridized carbons (Fsp3) is 1.00. The lowest BCUT2D eigenvalue weighted by atomic mass is 9.98. The Morgan fingerprint density at radius 1 is 1.41 bits per heavy atom. The summed E-state index contributed by atoms with van der Waals surface area (Å²) in [5.41, 5.74) is -0.269. The van der Waals surface area contributed by atoms with Crippen LogP contribution in [-0.2, 0) is 0 Å². The van der Waals surface area contributed by atoms with Crippen LogP contribution in [0.2, 0.25) is 0 Å². The van der Waals surface area contributed by atoms with E-state index in [0.29, 0.717) is 19.5 Å². The molecular weight excluding hydrogens is 236 g/mol. The smallest absolute Gasteiger partial charge is 0.310 e. The molecular formula is C11H20F4N2. The van der Waals surface area contributed by atoms with Crippen molar-refractivity contribution in [1.82, 2.24) is 10.2 Å². The molecule has 0 radical (unpaired) electrons. The Hall–Kier alpha value is -0.360. The Morgan fingerprint density at radius 2 is 2.06 bits per heavy atom. The molecule has 1 N–H and O–H groups in total. The SMILES string of the molecule is CCC1(C)CN(CC(F)(F)C(F)F)CCCN1. The van der Waals surface area contributed by atoms with Gasteiger partial charge >= 0.3 is 12.3 Å². The number of rotatable bonds is 4. The molecule has 1 atom stereocenters. The third kappa shape index (κ3) is 4.10. The van der Waals surface area contributed by atoms with Crippen molar-refractivity contribution in [2.24, 2.45) is 0 Å². The van der Waals surface area contributed by atoms with Gasteiger partial charge in [0.25, 0.3) is 0 Å². The van der Waals surface area contributed by atoms with Gasteiger partial charge in [-0.2, -0.15) is 8.78 Å². The van der Waals surface area contributed by atoms with Crippen LogP contribution in [0.1, 0.15) is 26.7 Å². The Morgan fingerprint density at radius 3 is 2.59 bits per heavy atom. The van der Waals surface area contributed by atoms with Crippen molar-refractivity contribution < 1.29 is 17.6 Å². The van der Waals surface area contributed by atoms with Crippen molar-refractivity contribution in [1.29, 1.82) is 0 Å². The third-order valence-electron chi connectivity index (χ3n) is 3.31. The minimum Gasteiger partial charge on any atom is -0.310 e. The van der Waals surface area contributed by atoms with Gasteiger partial charge in [-0.15, -0.1) is 0 Å². The zero-order chi connectivity index (χ0) is 13.1. The van der Waals surface area contributed by atoms with E-state index in [2.05, 4.69) is 5.32 Å². The summed E-state index contributed by atoms with van der Waals surface area (Å²) < 4.78 is 50.3. The molecule has 0 bridgehead atoms. The van der Waals surface area contributed by atoms with Crippen molar-refractivity contribution in [2.45, 2.75) is 44.6 Å². The summed E-state index contributed by atoms with van der Waals surface area (Å²) in [5.74, 6) is -3.92. The van der Waals surface area contributed by atoms with Crippen molar-refractivity contribution in [3.63, 3.8) is 0 Å². The van der Waals surface area contributed by atoms with Gasteiger partial charge in [0.2, 0.25) is 0 Å².